The summed E-state index contributed by atoms with van der Waals surface area (Å²) in [6.45, 7) is 6.47. The summed E-state index contributed by atoms with van der Waals surface area (Å²) >= 11 is 0. The van der Waals surface area contributed by atoms with E-state index in [1.165, 1.54) is 27.7 Å². The van der Waals surface area contributed by atoms with Crippen molar-refractivity contribution in [3.8, 4) is 0 Å². The molecule has 0 saturated carbocycles. The fourth-order valence-electron chi connectivity index (χ4n) is 3.25. The lowest BCUT2D eigenvalue weighted by molar-refractivity contribution is -0.254. The molecule has 0 bridgehead atoms. The fourth-order valence-corrected chi connectivity index (χ4v) is 3.25. The molecule has 1 aliphatic rings. The molecular weight excluding hydrogens is 396 g/mol. The smallest absolute Gasteiger partial charge is 0.303 e. The number of hydrogen-bond acceptors (Lipinski definition) is 9. The molecule has 0 spiro atoms. The quantitative estimate of drug-likeness (QED) is 0.500. The average molecular weight is 422 g/mol. The van der Waals surface area contributed by atoms with Crippen LogP contribution in [0.15, 0.2) is 24.3 Å². The Morgan fingerprint density at radius 3 is 1.77 bits per heavy atom. The number of benzene rings is 1. The van der Waals surface area contributed by atoms with Crippen LogP contribution in [0.3, 0.4) is 0 Å². The minimum absolute atomic E-state index is 0.250. The van der Waals surface area contributed by atoms with E-state index in [9.17, 15) is 19.2 Å². The van der Waals surface area contributed by atoms with Crippen molar-refractivity contribution in [2.45, 2.75) is 65.1 Å². The topological polar surface area (TPSA) is 114 Å². The Balaban J connectivity index is 2.51. The van der Waals surface area contributed by atoms with Crippen molar-refractivity contribution >= 4 is 23.9 Å². The van der Waals surface area contributed by atoms with E-state index in [4.69, 9.17) is 23.7 Å². The molecule has 9 nitrogen and oxygen atoms in total. The highest BCUT2D eigenvalue weighted by atomic mass is 16.7. The van der Waals surface area contributed by atoms with Crippen molar-refractivity contribution in [3.63, 3.8) is 0 Å². The van der Waals surface area contributed by atoms with Gasteiger partial charge in [-0.05, 0) is 12.5 Å². The van der Waals surface area contributed by atoms with Crippen molar-refractivity contribution in [1.82, 2.24) is 0 Å². The highest BCUT2D eigenvalue weighted by molar-refractivity contribution is 5.68. The predicted octanol–water partition coefficient (Wildman–Crippen LogP) is 1.79. The molecule has 0 aromatic heterocycles. The Bertz CT molecular complexity index is 786. The molecule has 0 amide bonds. The van der Waals surface area contributed by atoms with E-state index in [0.29, 0.717) is 5.56 Å². The minimum Gasteiger partial charge on any atom is -0.463 e. The SMILES string of the molecule is CC(=O)OC[C@H]1O[C@@H](c2ccc(C)cc2)[C@H](OC(C)=O)[C@@H](OC(C)=O)[C@H]1OC(C)=O. The molecule has 1 heterocycles. The molecule has 5 atom stereocenters. The van der Waals surface area contributed by atoms with Gasteiger partial charge in [0, 0.05) is 27.7 Å². The van der Waals surface area contributed by atoms with E-state index in [1.807, 2.05) is 19.1 Å². The van der Waals surface area contributed by atoms with Gasteiger partial charge in [0.2, 0.25) is 0 Å². The molecule has 1 aromatic rings. The second-order valence-electron chi connectivity index (χ2n) is 7.03. The van der Waals surface area contributed by atoms with E-state index >= 15 is 0 Å². The molecule has 164 valence electrons. The van der Waals surface area contributed by atoms with Gasteiger partial charge in [0.1, 0.15) is 18.8 Å². The van der Waals surface area contributed by atoms with E-state index in [0.717, 1.165) is 5.56 Å². The summed E-state index contributed by atoms with van der Waals surface area (Å²) in [5.41, 5.74) is 1.66. The van der Waals surface area contributed by atoms with Gasteiger partial charge in [-0.3, -0.25) is 19.2 Å². The lowest BCUT2D eigenvalue weighted by atomic mass is 9.90. The van der Waals surface area contributed by atoms with Gasteiger partial charge in [0.05, 0.1) is 0 Å². The number of esters is 4. The molecule has 0 aliphatic carbocycles. The summed E-state index contributed by atoms with van der Waals surface area (Å²) in [6, 6.07) is 7.28. The number of rotatable bonds is 6. The first-order valence-electron chi connectivity index (χ1n) is 9.45. The fraction of sp³-hybridized carbons (Fsp3) is 0.524. The monoisotopic (exact) mass is 422 g/mol. The van der Waals surface area contributed by atoms with Gasteiger partial charge in [-0.2, -0.15) is 0 Å². The first kappa shape index (κ1) is 23.3. The number of ether oxygens (including phenoxy) is 5. The van der Waals surface area contributed by atoms with Crippen molar-refractivity contribution in [2.75, 3.05) is 6.61 Å². The molecule has 2 rings (SSSR count). The van der Waals surface area contributed by atoms with E-state index in [1.54, 1.807) is 12.1 Å². The van der Waals surface area contributed by atoms with Crippen LogP contribution in [0.25, 0.3) is 0 Å². The van der Waals surface area contributed by atoms with Crippen LogP contribution in [0.4, 0.5) is 0 Å². The first-order chi connectivity index (χ1) is 14.1. The predicted molar refractivity (Wildman–Crippen MR) is 102 cm³/mol. The van der Waals surface area contributed by atoms with Gasteiger partial charge in [-0.25, -0.2) is 0 Å². The Labute approximate surface area is 174 Å². The molecule has 9 heteroatoms. The Hall–Kier alpha value is -2.94. The van der Waals surface area contributed by atoms with Gasteiger partial charge in [-0.15, -0.1) is 0 Å². The minimum atomic E-state index is -1.17. The van der Waals surface area contributed by atoms with Gasteiger partial charge in [0.25, 0.3) is 0 Å². The third kappa shape index (κ3) is 6.28. The molecule has 1 aromatic carbocycles. The van der Waals surface area contributed by atoms with Gasteiger partial charge >= 0.3 is 23.9 Å². The lowest BCUT2D eigenvalue weighted by Crippen LogP contribution is -2.59. The molecular formula is C21H26O9. The van der Waals surface area contributed by atoms with Crippen LogP contribution < -0.4 is 0 Å². The van der Waals surface area contributed by atoms with E-state index < -0.39 is 54.4 Å². The number of carbonyl (C=O) groups is 4. The van der Waals surface area contributed by atoms with Crippen LogP contribution >= 0.6 is 0 Å². The lowest BCUT2D eigenvalue weighted by Gasteiger charge is -2.44. The summed E-state index contributed by atoms with van der Waals surface area (Å²) < 4.78 is 27.3. The Morgan fingerprint density at radius 2 is 1.27 bits per heavy atom. The second-order valence-corrected chi connectivity index (χ2v) is 7.03. The zero-order valence-electron chi connectivity index (χ0n) is 17.6. The zero-order chi connectivity index (χ0) is 22.4. The van der Waals surface area contributed by atoms with Crippen molar-refractivity contribution in [2.24, 2.45) is 0 Å². The maximum atomic E-state index is 11.8. The number of aryl methyl sites for hydroxylation is 1. The van der Waals surface area contributed by atoms with Crippen LogP contribution in [0.5, 0.6) is 0 Å². The molecule has 0 radical (unpaired) electrons. The molecule has 0 N–H and O–H groups in total. The summed E-state index contributed by atoms with van der Waals surface area (Å²) in [5, 5.41) is 0. The third-order valence-corrected chi connectivity index (χ3v) is 4.40. The summed E-state index contributed by atoms with van der Waals surface area (Å²) in [6.07, 6.45) is -5.23. The van der Waals surface area contributed by atoms with E-state index in [-0.39, 0.29) is 6.61 Å². The highest BCUT2D eigenvalue weighted by Crippen LogP contribution is 2.37. The van der Waals surface area contributed by atoms with Crippen LogP contribution in [-0.4, -0.2) is 54.9 Å². The maximum absolute atomic E-state index is 11.8. The molecule has 1 fully saturated rings. The summed E-state index contributed by atoms with van der Waals surface area (Å²) in [7, 11) is 0. The van der Waals surface area contributed by atoms with Gasteiger partial charge in [0.15, 0.2) is 18.3 Å². The Morgan fingerprint density at radius 1 is 0.767 bits per heavy atom. The van der Waals surface area contributed by atoms with Gasteiger partial charge in [-0.1, -0.05) is 29.8 Å². The number of hydrogen-bond donors (Lipinski definition) is 0. The molecule has 30 heavy (non-hydrogen) atoms. The Kier molecular flexibility index (Phi) is 7.93. The zero-order valence-corrected chi connectivity index (χ0v) is 17.6. The van der Waals surface area contributed by atoms with Crippen LogP contribution in [0.2, 0.25) is 0 Å². The standard InChI is InChI=1S/C21H26O9/c1-11-6-8-16(9-7-11)18-20(28-14(4)24)21(29-15(5)25)19(27-13(3)23)17(30-18)10-26-12(2)22/h6-9,17-21H,10H2,1-5H3/t17-,18+,19+,20+,21+/m1/s1. The summed E-state index contributed by atoms with van der Waals surface area (Å²) in [4.78, 5) is 46.7. The van der Waals surface area contributed by atoms with Gasteiger partial charge < -0.3 is 23.7 Å². The molecule has 1 saturated heterocycles. The van der Waals surface area contributed by atoms with Crippen LogP contribution in [-0.2, 0) is 42.9 Å². The number of carbonyl (C=O) groups excluding carboxylic acids is 4. The normalized spacial score (nSPS) is 25.7. The largest absolute Gasteiger partial charge is 0.463 e. The van der Waals surface area contributed by atoms with Crippen molar-refractivity contribution in [3.05, 3.63) is 35.4 Å². The molecule has 1 aliphatic heterocycles. The average Bonchev–Trinajstić information content (AvgIpc) is 2.63. The first-order valence-corrected chi connectivity index (χ1v) is 9.45. The third-order valence-electron chi connectivity index (χ3n) is 4.40. The summed E-state index contributed by atoms with van der Waals surface area (Å²) in [5.74, 6) is -2.51. The van der Waals surface area contributed by atoms with Crippen LogP contribution in [0.1, 0.15) is 44.9 Å². The van der Waals surface area contributed by atoms with E-state index in [2.05, 4.69) is 0 Å². The van der Waals surface area contributed by atoms with Crippen molar-refractivity contribution < 1.29 is 42.9 Å². The maximum Gasteiger partial charge on any atom is 0.303 e. The molecule has 0 unspecified atom stereocenters. The van der Waals surface area contributed by atoms with Crippen LogP contribution in [0, 0.1) is 6.92 Å². The highest BCUT2D eigenvalue weighted by Gasteiger charge is 2.52. The van der Waals surface area contributed by atoms with Crippen molar-refractivity contribution in [1.29, 1.82) is 0 Å². The second kappa shape index (κ2) is 10.2.